The molecule has 2 heterocycles. The first-order valence-corrected chi connectivity index (χ1v) is 6.57. The van der Waals surface area contributed by atoms with Gasteiger partial charge in [-0.05, 0) is 12.1 Å². The van der Waals surface area contributed by atoms with Crippen molar-refractivity contribution in [1.82, 2.24) is 4.98 Å². The highest BCUT2D eigenvalue weighted by atomic mass is 16.5. The Morgan fingerprint density at radius 1 is 1.55 bits per heavy atom. The van der Waals surface area contributed by atoms with Crippen LogP contribution in [-0.4, -0.2) is 57.0 Å². The monoisotopic (exact) mass is 280 g/mol. The van der Waals surface area contributed by atoms with Crippen LogP contribution in [0.3, 0.4) is 0 Å². The number of hydrogen-bond acceptors (Lipinski definition) is 6. The van der Waals surface area contributed by atoms with E-state index >= 15 is 0 Å². The second kappa shape index (κ2) is 7.18. The van der Waals surface area contributed by atoms with E-state index in [0.717, 1.165) is 18.9 Å². The van der Waals surface area contributed by atoms with Gasteiger partial charge in [0.1, 0.15) is 11.9 Å². The molecule has 1 aromatic rings. The summed E-state index contributed by atoms with van der Waals surface area (Å²) in [4.78, 5) is 18.3. The molecule has 7 nitrogen and oxygen atoms in total. The average Bonchev–Trinajstić information content (AvgIpc) is 2.50. The number of hydrogen-bond donors (Lipinski definition) is 2. The molecule has 1 amide bonds. The summed E-state index contributed by atoms with van der Waals surface area (Å²) in [6.07, 6.45) is 0.986. The van der Waals surface area contributed by atoms with Gasteiger partial charge in [0.25, 0.3) is 5.91 Å². The molecule has 1 unspecified atom stereocenters. The predicted octanol–water partition coefficient (Wildman–Crippen LogP) is -0.170. The lowest BCUT2D eigenvalue weighted by molar-refractivity contribution is -0.125. The second-order valence-electron chi connectivity index (χ2n) is 4.45. The summed E-state index contributed by atoms with van der Waals surface area (Å²) in [6, 6.07) is 3.70. The van der Waals surface area contributed by atoms with Crippen molar-refractivity contribution < 1.29 is 14.3 Å². The molecule has 2 rings (SSSR count). The van der Waals surface area contributed by atoms with E-state index in [1.807, 2.05) is 12.1 Å². The van der Waals surface area contributed by atoms with Gasteiger partial charge in [-0.1, -0.05) is 0 Å². The van der Waals surface area contributed by atoms with E-state index in [0.29, 0.717) is 18.9 Å². The first kappa shape index (κ1) is 14.7. The summed E-state index contributed by atoms with van der Waals surface area (Å²) in [5, 5.41) is 2.72. The van der Waals surface area contributed by atoms with Crippen molar-refractivity contribution in [2.45, 2.75) is 6.10 Å². The third kappa shape index (κ3) is 3.66. The number of carbonyl (C=O) groups is 1. The van der Waals surface area contributed by atoms with Crippen LogP contribution in [0.15, 0.2) is 18.3 Å². The van der Waals surface area contributed by atoms with Crippen LogP contribution in [-0.2, 0) is 14.3 Å². The van der Waals surface area contributed by atoms with Gasteiger partial charge in [-0.3, -0.25) is 4.79 Å². The molecule has 7 heteroatoms. The molecule has 0 saturated carbocycles. The molecular weight excluding hydrogens is 260 g/mol. The van der Waals surface area contributed by atoms with Crippen LogP contribution in [0, 0.1) is 0 Å². The molecule has 110 valence electrons. The average molecular weight is 280 g/mol. The molecule has 0 aromatic carbocycles. The predicted molar refractivity (Wildman–Crippen MR) is 75.8 cm³/mol. The maximum atomic E-state index is 11.8. The van der Waals surface area contributed by atoms with Gasteiger partial charge in [-0.15, -0.1) is 0 Å². The van der Waals surface area contributed by atoms with Gasteiger partial charge >= 0.3 is 0 Å². The van der Waals surface area contributed by atoms with Crippen molar-refractivity contribution in [3.05, 3.63) is 18.3 Å². The highest BCUT2D eigenvalue weighted by molar-refractivity contribution is 5.94. The van der Waals surface area contributed by atoms with Gasteiger partial charge in [0.2, 0.25) is 0 Å². The van der Waals surface area contributed by atoms with E-state index in [1.165, 1.54) is 7.11 Å². The Morgan fingerprint density at radius 3 is 2.85 bits per heavy atom. The zero-order chi connectivity index (χ0) is 14.4. The summed E-state index contributed by atoms with van der Waals surface area (Å²) in [6.45, 7) is 3.23. The van der Waals surface area contributed by atoms with Gasteiger partial charge in [0.15, 0.2) is 0 Å². The minimum atomic E-state index is -0.645. The zero-order valence-electron chi connectivity index (χ0n) is 11.5. The Hall–Kier alpha value is -1.70. The van der Waals surface area contributed by atoms with E-state index in [9.17, 15) is 4.79 Å². The maximum absolute atomic E-state index is 11.8. The second-order valence-corrected chi connectivity index (χ2v) is 4.45. The highest BCUT2D eigenvalue weighted by Gasteiger charge is 2.16. The van der Waals surface area contributed by atoms with Crippen molar-refractivity contribution >= 4 is 17.4 Å². The molecule has 1 aliphatic heterocycles. The molecule has 3 N–H and O–H groups in total. The quantitative estimate of drug-likeness (QED) is 0.778. The lowest BCUT2D eigenvalue weighted by Gasteiger charge is -2.27. The van der Waals surface area contributed by atoms with Crippen LogP contribution in [0.2, 0.25) is 0 Å². The molecule has 0 aliphatic carbocycles. The number of carbonyl (C=O) groups excluding carboxylic acids is 1. The summed E-state index contributed by atoms with van der Waals surface area (Å²) < 4.78 is 10.3. The number of methoxy groups -OCH3 is 1. The topological polar surface area (TPSA) is 89.7 Å². The van der Waals surface area contributed by atoms with Crippen molar-refractivity contribution in [2.24, 2.45) is 5.73 Å². The summed E-state index contributed by atoms with van der Waals surface area (Å²) >= 11 is 0. The van der Waals surface area contributed by atoms with Crippen molar-refractivity contribution in [3.63, 3.8) is 0 Å². The van der Waals surface area contributed by atoms with Gasteiger partial charge < -0.3 is 25.4 Å². The standard InChI is InChI=1S/C13H20N4O3/c1-19-11(8-14)13(18)16-10-2-3-12(15-9-10)17-4-6-20-7-5-17/h2-3,9,11H,4-8,14H2,1H3,(H,16,18). The third-order valence-electron chi connectivity index (χ3n) is 3.14. The van der Waals surface area contributed by atoms with Gasteiger partial charge in [-0.25, -0.2) is 4.98 Å². The Labute approximate surface area is 118 Å². The summed E-state index contributed by atoms with van der Waals surface area (Å²) in [5.41, 5.74) is 6.07. The summed E-state index contributed by atoms with van der Waals surface area (Å²) in [7, 11) is 1.46. The molecule has 1 fully saturated rings. The number of rotatable bonds is 5. The van der Waals surface area contributed by atoms with E-state index in [1.54, 1.807) is 6.20 Å². The van der Waals surface area contributed by atoms with Crippen LogP contribution in [0.1, 0.15) is 0 Å². The molecule has 0 spiro atoms. The minimum absolute atomic E-state index is 0.140. The van der Waals surface area contributed by atoms with Crippen LogP contribution in [0.25, 0.3) is 0 Å². The largest absolute Gasteiger partial charge is 0.378 e. The number of pyridine rings is 1. The van der Waals surface area contributed by atoms with E-state index in [4.69, 9.17) is 15.2 Å². The van der Waals surface area contributed by atoms with E-state index in [-0.39, 0.29) is 12.5 Å². The Morgan fingerprint density at radius 2 is 2.30 bits per heavy atom. The Kier molecular flexibility index (Phi) is 5.28. The number of nitrogens with two attached hydrogens (primary N) is 1. The van der Waals surface area contributed by atoms with Gasteiger partial charge in [0, 0.05) is 26.7 Å². The third-order valence-corrected chi connectivity index (χ3v) is 3.14. The van der Waals surface area contributed by atoms with Crippen LogP contribution in [0.4, 0.5) is 11.5 Å². The molecule has 0 bridgehead atoms. The first-order valence-electron chi connectivity index (χ1n) is 6.57. The fourth-order valence-electron chi connectivity index (χ4n) is 1.97. The minimum Gasteiger partial charge on any atom is -0.378 e. The van der Waals surface area contributed by atoms with E-state index < -0.39 is 6.10 Å². The highest BCUT2D eigenvalue weighted by Crippen LogP contribution is 2.15. The van der Waals surface area contributed by atoms with Crippen LogP contribution < -0.4 is 16.0 Å². The van der Waals surface area contributed by atoms with Crippen molar-refractivity contribution in [1.29, 1.82) is 0 Å². The molecule has 1 aromatic heterocycles. The first-order chi connectivity index (χ1) is 9.74. The number of amides is 1. The molecule has 20 heavy (non-hydrogen) atoms. The zero-order valence-corrected chi connectivity index (χ0v) is 11.5. The molecule has 1 atom stereocenters. The smallest absolute Gasteiger partial charge is 0.254 e. The molecule has 1 aliphatic rings. The normalized spacial score (nSPS) is 16.8. The number of morpholine rings is 1. The Bertz CT molecular complexity index is 428. The number of nitrogens with zero attached hydrogens (tertiary/aromatic N) is 2. The summed E-state index contributed by atoms with van der Waals surface area (Å²) in [5.74, 6) is 0.615. The fraction of sp³-hybridized carbons (Fsp3) is 0.538. The van der Waals surface area contributed by atoms with Crippen molar-refractivity contribution in [3.8, 4) is 0 Å². The number of ether oxygens (including phenoxy) is 2. The number of aromatic nitrogens is 1. The van der Waals surface area contributed by atoms with Crippen LogP contribution in [0.5, 0.6) is 0 Å². The number of nitrogens with one attached hydrogen (secondary N) is 1. The van der Waals surface area contributed by atoms with Gasteiger partial charge in [0.05, 0.1) is 25.1 Å². The Balaban J connectivity index is 1.95. The molecule has 0 radical (unpaired) electrons. The van der Waals surface area contributed by atoms with Gasteiger partial charge in [-0.2, -0.15) is 0 Å². The maximum Gasteiger partial charge on any atom is 0.254 e. The number of anilines is 2. The molecule has 1 saturated heterocycles. The SMILES string of the molecule is COC(CN)C(=O)Nc1ccc(N2CCOCC2)nc1. The van der Waals surface area contributed by atoms with Crippen molar-refractivity contribution in [2.75, 3.05) is 50.2 Å². The van der Waals surface area contributed by atoms with E-state index in [2.05, 4.69) is 15.2 Å². The molecular formula is C13H20N4O3. The lowest BCUT2D eigenvalue weighted by atomic mass is 10.3. The fourth-order valence-corrected chi connectivity index (χ4v) is 1.97. The van der Waals surface area contributed by atoms with Crippen LogP contribution >= 0.6 is 0 Å². The lowest BCUT2D eigenvalue weighted by Crippen LogP contribution is -2.37.